The summed E-state index contributed by atoms with van der Waals surface area (Å²) in [5.74, 6) is 0.0114. The van der Waals surface area contributed by atoms with Crippen molar-refractivity contribution >= 4 is 23.2 Å². The molecule has 1 aliphatic rings. The molecule has 1 N–H and O–H groups in total. The first kappa shape index (κ1) is 18.0. The Morgan fingerprint density at radius 3 is 2.61 bits per heavy atom. The molecule has 1 aromatic heterocycles. The summed E-state index contributed by atoms with van der Waals surface area (Å²) in [7, 11) is 0. The van der Waals surface area contributed by atoms with Crippen molar-refractivity contribution in [3.05, 3.63) is 71.7 Å². The van der Waals surface area contributed by atoms with Gasteiger partial charge in [-0.25, -0.2) is 4.39 Å². The van der Waals surface area contributed by atoms with Crippen molar-refractivity contribution in [2.24, 2.45) is 0 Å². The number of rotatable bonds is 3. The van der Waals surface area contributed by atoms with Gasteiger partial charge in [-0.15, -0.1) is 0 Å². The maximum absolute atomic E-state index is 13.1. The van der Waals surface area contributed by atoms with Crippen LogP contribution in [0.1, 0.15) is 29.5 Å². The van der Waals surface area contributed by atoms with Gasteiger partial charge in [0.2, 0.25) is 5.91 Å². The normalized spacial score (nSPS) is 13.1. The standard InChI is InChI=1S/C22H19FN2O3/c1-14(26)24-18-5-2-6-19-17(18)4-3-13-25(19)22(27)21-12-11-20(28-21)15-7-9-16(23)10-8-15/h2,5-12H,3-4,13H2,1H3,(H,24,26). The molecule has 5 nitrogen and oxygen atoms in total. The predicted molar refractivity (Wildman–Crippen MR) is 105 cm³/mol. The molecule has 0 saturated heterocycles. The van der Waals surface area contributed by atoms with Crippen molar-refractivity contribution < 1.29 is 18.4 Å². The van der Waals surface area contributed by atoms with E-state index in [1.54, 1.807) is 29.2 Å². The highest BCUT2D eigenvalue weighted by molar-refractivity contribution is 6.06. The third-order valence-electron chi connectivity index (χ3n) is 4.75. The number of benzene rings is 2. The molecule has 0 radical (unpaired) electrons. The van der Waals surface area contributed by atoms with E-state index >= 15 is 0 Å². The molecule has 2 amide bonds. The number of hydrogen-bond donors (Lipinski definition) is 1. The van der Waals surface area contributed by atoms with Crippen LogP contribution in [-0.2, 0) is 11.2 Å². The van der Waals surface area contributed by atoms with E-state index in [2.05, 4.69) is 5.32 Å². The number of fused-ring (bicyclic) bond motifs is 1. The van der Waals surface area contributed by atoms with Crippen LogP contribution in [0.15, 0.2) is 59.0 Å². The number of nitrogens with one attached hydrogen (secondary N) is 1. The molecule has 0 saturated carbocycles. The Morgan fingerprint density at radius 1 is 1.07 bits per heavy atom. The summed E-state index contributed by atoms with van der Waals surface area (Å²) in [6.45, 7) is 2.03. The van der Waals surface area contributed by atoms with E-state index in [9.17, 15) is 14.0 Å². The Hall–Kier alpha value is -3.41. The van der Waals surface area contributed by atoms with E-state index in [-0.39, 0.29) is 23.4 Å². The van der Waals surface area contributed by atoms with Crippen LogP contribution in [0, 0.1) is 5.82 Å². The first-order valence-corrected chi connectivity index (χ1v) is 9.10. The molecular formula is C22H19FN2O3. The lowest BCUT2D eigenvalue weighted by atomic mass is 9.99. The van der Waals surface area contributed by atoms with Crippen LogP contribution in [0.5, 0.6) is 0 Å². The third-order valence-corrected chi connectivity index (χ3v) is 4.75. The van der Waals surface area contributed by atoms with Crippen LogP contribution in [0.4, 0.5) is 15.8 Å². The smallest absolute Gasteiger partial charge is 0.293 e. The van der Waals surface area contributed by atoms with Gasteiger partial charge < -0.3 is 14.6 Å². The van der Waals surface area contributed by atoms with Gasteiger partial charge in [-0.3, -0.25) is 9.59 Å². The SMILES string of the molecule is CC(=O)Nc1cccc2c1CCCN2C(=O)c1ccc(-c2ccc(F)cc2)o1. The molecule has 6 heteroatoms. The minimum absolute atomic E-state index is 0.146. The van der Waals surface area contributed by atoms with Crippen molar-refractivity contribution in [2.45, 2.75) is 19.8 Å². The van der Waals surface area contributed by atoms with Crippen LogP contribution in [0.3, 0.4) is 0 Å². The van der Waals surface area contributed by atoms with Gasteiger partial charge in [0, 0.05) is 30.4 Å². The summed E-state index contributed by atoms with van der Waals surface area (Å²) in [5, 5.41) is 2.83. The molecule has 0 fully saturated rings. The quantitative estimate of drug-likeness (QED) is 0.722. The number of amides is 2. The lowest BCUT2D eigenvalue weighted by Crippen LogP contribution is -2.35. The van der Waals surface area contributed by atoms with Crippen LogP contribution in [0.25, 0.3) is 11.3 Å². The van der Waals surface area contributed by atoms with Gasteiger partial charge in [0.1, 0.15) is 11.6 Å². The van der Waals surface area contributed by atoms with E-state index in [1.807, 2.05) is 18.2 Å². The average Bonchev–Trinajstić information content (AvgIpc) is 3.17. The third kappa shape index (κ3) is 3.41. The molecule has 4 rings (SSSR count). The number of halogens is 1. The monoisotopic (exact) mass is 378 g/mol. The second kappa shape index (κ2) is 7.31. The van der Waals surface area contributed by atoms with Crippen molar-refractivity contribution in [3.8, 4) is 11.3 Å². The van der Waals surface area contributed by atoms with Gasteiger partial charge in [0.15, 0.2) is 5.76 Å². The Balaban J connectivity index is 1.64. The second-order valence-corrected chi connectivity index (χ2v) is 6.72. The number of carbonyl (C=O) groups excluding carboxylic acids is 2. The molecule has 0 bridgehead atoms. The zero-order valence-electron chi connectivity index (χ0n) is 15.4. The van der Waals surface area contributed by atoms with Crippen LogP contribution >= 0.6 is 0 Å². The first-order chi connectivity index (χ1) is 13.5. The fourth-order valence-corrected chi connectivity index (χ4v) is 3.50. The average molecular weight is 378 g/mol. The molecule has 28 heavy (non-hydrogen) atoms. The van der Waals surface area contributed by atoms with Crippen molar-refractivity contribution in [1.29, 1.82) is 0 Å². The highest BCUT2D eigenvalue weighted by atomic mass is 19.1. The lowest BCUT2D eigenvalue weighted by molar-refractivity contribution is -0.114. The molecule has 2 heterocycles. The minimum Gasteiger partial charge on any atom is -0.451 e. The van der Waals surface area contributed by atoms with E-state index < -0.39 is 0 Å². The van der Waals surface area contributed by atoms with E-state index in [0.717, 1.165) is 29.8 Å². The number of anilines is 2. The summed E-state index contributed by atoms with van der Waals surface area (Å²) in [6, 6.07) is 14.8. The van der Waals surface area contributed by atoms with Gasteiger partial charge in [0.25, 0.3) is 5.91 Å². The molecule has 0 atom stereocenters. The Bertz CT molecular complexity index is 1040. The number of furan rings is 1. The number of carbonyl (C=O) groups is 2. The van der Waals surface area contributed by atoms with Crippen molar-refractivity contribution in [2.75, 3.05) is 16.8 Å². The van der Waals surface area contributed by atoms with Gasteiger partial charge >= 0.3 is 0 Å². The molecule has 142 valence electrons. The molecule has 1 aliphatic heterocycles. The van der Waals surface area contributed by atoms with Crippen molar-refractivity contribution in [1.82, 2.24) is 0 Å². The summed E-state index contributed by atoms with van der Waals surface area (Å²) < 4.78 is 18.9. The molecule has 0 aliphatic carbocycles. The van der Waals surface area contributed by atoms with Crippen molar-refractivity contribution in [3.63, 3.8) is 0 Å². The topological polar surface area (TPSA) is 62.6 Å². The van der Waals surface area contributed by atoms with E-state index in [1.165, 1.54) is 19.1 Å². The number of hydrogen-bond acceptors (Lipinski definition) is 3. The Kier molecular flexibility index (Phi) is 4.69. The van der Waals surface area contributed by atoms with Crippen LogP contribution in [-0.4, -0.2) is 18.4 Å². The maximum atomic E-state index is 13.1. The zero-order chi connectivity index (χ0) is 19.7. The lowest BCUT2D eigenvalue weighted by Gasteiger charge is -2.30. The van der Waals surface area contributed by atoms with Gasteiger partial charge in [-0.2, -0.15) is 0 Å². The zero-order valence-corrected chi connectivity index (χ0v) is 15.4. The molecule has 0 spiro atoms. The molecule has 2 aromatic carbocycles. The highest BCUT2D eigenvalue weighted by Crippen LogP contribution is 2.34. The van der Waals surface area contributed by atoms with Crippen LogP contribution in [0.2, 0.25) is 0 Å². The van der Waals surface area contributed by atoms with Gasteiger partial charge in [0.05, 0.1) is 0 Å². The first-order valence-electron chi connectivity index (χ1n) is 9.10. The maximum Gasteiger partial charge on any atom is 0.293 e. The number of nitrogens with zero attached hydrogens (tertiary/aromatic N) is 1. The Labute approximate surface area is 161 Å². The fourth-order valence-electron chi connectivity index (χ4n) is 3.50. The van der Waals surface area contributed by atoms with Crippen LogP contribution < -0.4 is 10.2 Å². The fraction of sp³-hybridized carbons (Fsp3) is 0.182. The van der Waals surface area contributed by atoms with Gasteiger partial charge in [-0.1, -0.05) is 6.07 Å². The molecular weight excluding hydrogens is 359 g/mol. The largest absolute Gasteiger partial charge is 0.451 e. The van der Waals surface area contributed by atoms with E-state index in [0.29, 0.717) is 17.9 Å². The summed E-state index contributed by atoms with van der Waals surface area (Å²) >= 11 is 0. The highest BCUT2D eigenvalue weighted by Gasteiger charge is 2.27. The molecule has 3 aromatic rings. The summed E-state index contributed by atoms with van der Waals surface area (Å²) in [6.07, 6.45) is 1.58. The second-order valence-electron chi connectivity index (χ2n) is 6.72. The molecule has 0 unspecified atom stereocenters. The summed E-state index contributed by atoms with van der Waals surface area (Å²) in [4.78, 5) is 26.2. The van der Waals surface area contributed by atoms with Gasteiger partial charge in [-0.05, 0) is 66.9 Å². The minimum atomic E-state index is -0.327. The Morgan fingerprint density at radius 2 is 1.86 bits per heavy atom. The van der Waals surface area contributed by atoms with E-state index in [4.69, 9.17) is 4.42 Å². The predicted octanol–water partition coefficient (Wildman–Crippen LogP) is 4.64. The summed E-state index contributed by atoms with van der Waals surface area (Å²) in [5.41, 5.74) is 3.16.